The molecule has 14 heavy (non-hydrogen) atoms. The van der Waals surface area contributed by atoms with Crippen LogP contribution >= 0.6 is 23.2 Å². The summed E-state index contributed by atoms with van der Waals surface area (Å²) in [5.41, 5.74) is 0.427. The fraction of sp³-hybridized carbons (Fsp3) is 0.300. The minimum absolute atomic E-state index is 0.00463. The van der Waals surface area contributed by atoms with Crippen molar-refractivity contribution >= 4 is 29.0 Å². The Morgan fingerprint density at radius 1 is 1.21 bits per heavy atom. The Balaban J connectivity index is 2.62. The molecule has 0 amide bonds. The first kappa shape index (κ1) is 9.81. The van der Waals surface area contributed by atoms with Crippen LogP contribution in [-0.2, 0) is 0 Å². The molecule has 0 atom stereocenters. The van der Waals surface area contributed by atoms with Gasteiger partial charge in [0.15, 0.2) is 5.78 Å². The van der Waals surface area contributed by atoms with Crippen LogP contribution in [0.3, 0.4) is 0 Å². The zero-order valence-electron chi connectivity index (χ0n) is 7.35. The number of Topliss-reactive ketones (excluding diaryl/α,β-unsaturated/α-hetero) is 1. The molecular formula is C10H8Cl2O2. The molecular weight excluding hydrogens is 223 g/mol. The minimum atomic E-state index is 0.00463. The average molecular weight is 231 g/mol. The largest absolute Gasteiger partial charge is 0.491 e. The van der Waals surface area contributed by atoms with Gasteiger partial charge in [0.1, 0.15) is 5.75 Å². The van der Waals surface area contributed by atoms with E-state index in [-0.39, 0.29) is 5.78 Å². The lowest BCUT2D eigenvalue weighted by Crippen LogP contribution is -1.99. The normalized spacial score (nSPS) is 15.7. The number of carbonyl (C=O) groups is 1. The van der Waals surface area contributed by atoms with Crippen LogP contribution in [0.2, 0.25) is 10.0 Å². The van der Waals surface area contributed by atoms with Gasteiger partial charge >= 0.3 is 0 Å². The molecule has 1 aliphatic heterocycles. The number of carbonyl (C=O) groups excluding carboxylic acids is 1. The predicted molar refractivity (Wildman–Crippen MR) is 55.5 cm³/mol. The van der Waals surface area contributed by atoms with Crippen LogP contribution in [0.15, 0.2) is 12.1 Å². The van der Waals surface area contributed by atoms with Crippen LogP contribution in [0.25, 0.3) is 0 Å². The van der Waals surface area contributed by atoms with Crippen molar-refractivity contribution in [2.24, 2.45) is 0 Å². The van der Waals surface area contributed by atoms with Crippen molar-refractivity contribution in [3.05, 3.63) is 27.7 Å². The lowest BCUT2D eigenvalue weighted by atomic mass is 10.1. The Morgan fingerprint density at radius 2 is 1.93 bits per heavy atom. The van der Waals surface area contributed by atoms with E-state index in [1.165, 1.54) is 0 Å². The summed E-state index contributed by atoms with van der Waals surface area (Å²) in [6, 6.07) is 3.26. The van der Waals surface area contributed by atoms with Gasteiger partial charge in [-0.15, -0.1) is 0 Å². The van der Waals surface area contributed by atoms with E-state index in [9.17, 15) is 4.79 Å². The van der Waals surface area contributed by atoms with Gasteiger partial charge < -0.3 is 4.74 Å². The van der Waals surface area contributed by atoms with Gasteiger partial charge in [0, 0.05) is 6.42 Å². The van der Waals surface area contributed by atoms with Crippen molar-refractivity contribution in [3.63, 3.8) is 0 Å². The number of rotatable bonds is 0. The molecule has 1 aromatic rings. The van der Waals surface area contributed by atoms with E-state index in [2.05, 4.69) is 0 Å². The molecule has 0 saturated carbocycles. The van der Waals surface area contributed by atoms with E-state index in [1.54, 1.807) is 12.1 Å². The van der Waals surface area contributed by atoms with Gasteiger partial charge in [0.25, 0.3) is 0 Å². The molecule has 74 valence electrons. The quantitative estimate of drug-likeness (QED) is 0.684. The van der Waals surface area contributed by atoms with Crippen LogP contribution in [0.5, 0.6) is 5.75 Å². The van der Waals surface area contributed by atoms with Crippen LogP contribution in [0.4, 0.5) is 0 Å². The van der Waals surface area contributed by atoms with Gasteiger partial charge in [-0.1, -0.05) is 23.2 Å². The monoisotopic (exact) mass is 230 g/mol. The molecule has 0 unspecified atom stereocenters. The molecule has 0 bridgehead atoms. The van der Waals surface area contributed by atoms with Gasteiger partial charge in [0.2, 0.25) is 0 Å². The van der Waals surface area contributed by atoms with Crippen molar-refractivity contribution < 1.29 is 9.53 Å². The molecule has 0 radical (unpaired) electrons. The van der Waals surface area contributed by atoms with Crippen LogP contribution in [0.1, 0.15) is 23.2 Å². The Bertz CT molecular complexity index is 388. The maximum atomic E-state index is 11.7. The van der Waals surface area contributed by atoms with E-state index in [0.29, 0.717) is 40.8 Å². The Labute approximate surface area is 91.8 Å². The first-order valence-electron chi connectivity index (χ1n) is 4.34. The number of hydrogen-bond donors (Lipinski definition) is 0. The third-order valence-electron chi connectivity index (χ3n) is 2.13. The summed E-state index contributed by atoms with van der Waals surface area (Å²) < 4.78 is 5.39. The van der Waals surface area contributed by atoms with Crippen molar-refractivity contribution in [3.8, 4) is 5.75 Å². The van der Waals surface area contributed by atoms with Gasteiger partial charge in [-0.25, -0.2) is 0 Å². The summed E-state index contributed by atoms with van der Waals surface area (Å²) in [6.45, 7) is 0.513. The lowest BCUT2D eigenvalue weighted by Gasteiger charge is -2.08. The fourth-order valence-corrected chi connectivity index (χ4v) is 1.93. The molecule has 0 saturated heterocycles. The highest BCUT2D eigenvalue weighted by Crippen LogP contribution is 2.36. The summed E-state index contributed by atoms with van der Waals surface area (Å²) in [5, 5.41) is 0.857. The van der Waals surface area contributed by atoms with Crippen molar-refractivity contribution in [2.75, 3.05) is 6.61 Å². The number of ether oxygens (including phenoxy) is 1. The van der Waals surface area contributed by atoms with E-state index < -0.39 is 0 Å². The second-order valence-corrected chi connectivity index (χ2v) is 3.92. The van der Waals surface area contributed by atoms with Gasteiger partial charge in [-0.2, -0.15) is 0 Å². The first-order chi connectivity index (χ1) is 6.70. The molecule has 2 rings (SSSR count). The third kappa shape index (κ3) is 1.60. The SMILES string of the molecule is O=C1CCCOc2c(Cl)ccc(Cl)c21. The van der Waals surface area contributed by atoms with Gasteiger partial charge in [0.05, 0.1) is 22.2 Å². The van der Waals surface area contributed by atoms with E-state index in [0.717, 1.165) is 0 Å². The Kier molecular flexibility index (Phi) is 2.66. The topological polar surface area (TPSA) is 26.3 Å². The average Bonchev–Trinajstić information content (AvgIpc) is 2.35. The predicted octanol–water partition coefficient (Wildman–Crippen LogP) is 3.35. The summed E-state index contributed by atoms with van der Waals surface area (Å²) in [7, 11) is 0. The second-order valence-electron chi connectivity index (χ2n) is 3.11. The molecule has 0 aliphatic carbocycles. The summed E-state index contributed by atoms with van der Waals surface area (Å²) in [6.07, 6.45) is 1.17. The standard InChI is InChI=1S/C10H8Cl2O2/c11-6-3-4-7(12)10-9(6)8(13)2-1-5-14-10/h3-4H,1-2,5H2. The smallest absolute Gasteiger partial charge is 0.168 e. The summed E-state index contributed by atoms with van der Waals surface area (Å²) in [5.74, 6) is 0.437. The number of benzene rings is 1. The third-order valence-corrected chi connectivity index (χ3v) is 2.74. The highest BCUT2D eigenvalue weighted by molar-refractivity contribution is 6.37. The van der Waals surface area contributed by atoms with Crippen molar-refractivity contribution in [2.45, 2.75) is 12.8 Å². The molecule has 0 fully saturated rings. The maximum absolute atomic E-state index is 11.7. The highest BCUT2D eigenvalue weighted by atomic mass is 35.5. The number of hydrogen-bond acceptors (Lipinski definition) is 2. The van der Waals surface area contributed by atoms with Crippen LogP contribution in [0, 0.1) is 0 Å². The van der Waals surface area contributed by atoms with E-state index in [1.807, 2.05) is 0 Å². The molecule has 0 spiro atoms. The first-order valence-corrected chi connectivity index (χ1v) is 5.10. The zero-order valence-corrected chi connectivity index (χ0v) is 8.86. The van der Waals surface area contributed by atoms with E-state index >= 15 is 0 Å². The second kappa shape index (κ2) is 3.79. The molecule has 1 aliphatic rings. The number of ketones is 1. The van der Waals surface area contributed by atoms with Crippen LogP contribution < -0.4 is 4.74 Å². The zero-order chi connectivity index (χ0) is 10.1. The molecule has 1 heterocycles. The maximum Gasteiger partial charge on any atom is 0.168 e. The van der Waals surface area contributed by atoms with Gasteiger partial charge in [-0.3, -0.25) is 4.79 Å². The highest BCUT2D eigenvalue weighted by Gasteiger charge is 2.22. The number of halogens is 2. The van der Waals surface area contributed by atoms with E-state index in [4.69, 9.17) is 27.9 Å². The number of fused-ring (bicyclic) bond motifs is 1. The van der Waals surface area contributed by atoms with Crippen molar-refractivity contribution in [1.82, 2.24) is 0 Å². The molecule has 1 aromatic carbocycles. The Hall–Kier alpha value is -0.730. The Morgan fingerprint density at radius 3 is 2.71 bits per heavy atom. The minimum Gasteiger partial charge on any atom is -0.491 e. The molecule has 4 heteroatoms. The summed E-state index contributed by atoms with van der Waals surface area (Å²) >= 11 is 11.8. The molecule has 0 N–H and O–H groups in total. The lowest BCUT2D eigenvalue weighted by molar-refractivity contribution is 0.0983. The van der Waals surface area contributed by atoms with Crippen molar-refractivity contribution in [1.29, 1.82) is 0 Å². The molecule has 2 nitrogen and oxygen atoms in total. The van der Waals surface area contributed by atoms with Crippen LogP contribution in [-0.4, -0.2) is 12.4 Å². The fourth-order valence-electron chi connectivity index (χ4n) is 1.47. The van der Waals surface area contributed by atoms with Gasteiger partial charge in [-0.05, 0) is 18.6 Å². The molecule has 0 aromatic heterocycles. The summed E-state index contributed by atoms with van der Waals surface area (Å²) in [4.78, 5) is 11.7.